The summed E-state index contributed by atoms with van der Waals surface area (Å²) in [7, 11) is 0. The van der Waals surface area contributed by atoms with Crippen LogP contribution in [0.25, 0.3) is 0 Å². The van der Waals surface area contributed by atoms with Crippen LogP contribution in [0.3, 0.4) is 0 Å². The summed E-state index contributed by atoms with van der Waals surface area (Å²) in [5.74, 6) is -6.57. The van der Waals surface area contributed by atoms with Crippen molar-refractivity contribution in [2.75, 3.05) is 13.1 Å². The molecule has 16 heavy (non-hydrogen) atoms. The van der Waals surface area contributed by atoms with Gasteiger partial charge in [-0.15, -0.1) is 0 Å². The third-order valence-electron chi connectivity index (χ3n) is 2.61. The normalized spacial score (nSPS) is 18.3. The van der Waals surface area contributed by atoms with Crippen molar-refractivity contribution in [1.29, 1.82) is 0 Å². The molecule has 2 N–H and O–H groups in total. The molecule has 0 bridgehead atoms. The Morgan fingerprint density at radius 3 is 2.25 bits per heavy atom. The molecular formula is C10H9F4NO. The second kappa shape index (κ2) is 3.71. The molecule has 1 aliphatic rings. The van der Waals surface area contributed by atoms with Crippen LogP contribution in [0, 0.1) is 23.3 Å². The van der Waals surface area contributed by atoms with Gasteiger partial charge in [-0.25, -0.2) is 17.6 Å². The Bertz CT molecular complexity index is 431. The fraction of sp³-hybridized carbons (Fsp3) is 0.400. The van der Waals surface area contributed by atoms with Gasteiger partial charge in [0.05, 0.1) is 5.60 Å². The lowest BCUT2D eigenvalue weighted by Gasteiger charge is -2.37. The molecule has 1 fully saturated rings. The van der Waals surface area contributed by atoms with E-state index in [1.807, 2.05) is 0 Å². The fourth-order valence-corrected chi connectivity index (χ4v) is 1.64. The van der Waals surface area contributed by atoms with E-state index in [0.29, 0.717) is 6.07 Å². The first kappa shape index (κ1) is 11.3. The SMILES string of the molecule is OC1(Cc2cc(F)c(F)c(F)c2F)CNC1. The van der Waals surface area contributed by atoms with E-state index >= 15 is 0 Å². The average molecular weight is 235 g/mol. The summed E-state index contributed by atoms with van der Waals surface area (Å²) in [6.07, 6.45) is -0.250. The van der Waals surface area contributed by atoms with E-state index < -0.39 is 28.9 Å². The van der Waals surface area contributed by atoms with E-state index in [2.05, 4.69) is 5.32 Å². The molecule has 0 amide bonds. The Hall–Kier alpha value is -1.14. The van der Waals surface area contributed by atoms with E-state index in [1.54, 1.807) is 0 Å². The number of benzene rings is 1. The largest absolute Gasteiger partial charge is 0.387 e. The van der Waals surface area contributed by atoms with E-state index in [0.717, 1.165) is 0 Å². The number of nitrogens with one attached hydrogen (secondary N) is 1. The van der Waals surface area contributed by atoms with E-state index in [4.69, 9.17) is 0 Å². The van der Waals surface area contributed by atoms with E-state index in [1.165, 1.54) is 0 Å². The van der Waals surface area contributed by atoms with Gasteiger partial charge in [0.15, 0.2) is 23.3 Å². The molecule has 0 unspecified atom stereocenters. The van der Waals surface area contributed by atoms with Gasteiger partial charge in [-0.3, -0.25) is 0 Å². The molecule has 0 aromatic heterocycles. The quantitative estimate of drug-likeness (QED) is 0.457. The van der Waals surface area contributed by atoms with Gasteiger partial charge in [-0.2, -0.15) is 0 Å². The van der Waals surface area contributed by atoms with Crippen molar-refractivity contribution in [2.45, 2.75) is 12.0 Å². The van der Waals surface area contributed by atoms with Gasteiger partial charge in [0, 0.05) is 19.5 Å². The van der Waals surface area contributed by atoms with Crippen LogP contribution in [0.5, 0.6) is 0 Å². The van der Waals surface area contributed by atoms with Crippen LogP contribution in [-0.2, 0) is 6.42 Å². The summed E-state index contributed by atoms with van der Waals surface area (Å²) in [6, 6.07) is 0.573. The van der Waals surface area contributed by atoms with Crippen molar-refractivity contribution < 1.29 is 22.7 Å². The first-order valence-corrected chi connectivity index (χ1v) is 4.68. The number of hydrogen-bond acceptors (Lipinski definition) is 2. The average Bonchev–Trinajstić information content (AvgIpc) is 2.20. The Morgan fingerprint density at radius 2 is 1.75 bits per heavy atom. The van der Waals surface area contributed by atoms with E-state index in [-0.39, 0.29) is 25.1 Å². The maximum absolute atomic E-state index is 13.2. The summed E-state index contributed by atoms with van der Waals surface area (Å²) in [5, 5.41) is 12.4. The lowest BCUT2D eigenvalue weighted by atomic mass is 9.89. The summed E-state index contributed by atoms with van der Waals surface area (Å²) >= 11 is 0. The first-order chi connectivity index (χ1) is 7.43. The van der Waals surface area contributed by atoms with Crippen LogP contribution in [0.1, 0.15) is 5.56 Å². The van der Waals surface area contributed by atoms with Crippen molar-refractivity contribution in [1.82, 2.24) is 5.32 Å². The van der Waals surface area contributed by atoms with Gasteiger partial charge in [0.25, 0.3) is 0 Å². The molecule has 0 aliphatic carbocycles. The molecule has 6 heteroatoms. The predicted octanol–water partition coefficient (Wildman–Crippen LogP) is 1.12. The molecule has 1 saturated heterocycles. The number of β-amino-alcohol motifs (C(OH)–C–C–N with tert-alkyl or cyclic N) is 1. The fourth-order valence-electron chi connectivity index (χ4n) is 1.64. The second-order valence-corrected chi connectivity index (χ2v) is 3.96. The van der Waals surface area contributed by atoms with Crippen LogP contribution in [0.4, 0.5) is 17.6 Å². The molecule has 0 saturated carbocycles. The Morgan fingerprint density at radius 1 is 1.12 bits per heavy atom. The highest BCUT2D eigenvalue weighted by atomic mass is 19.2. The number of halogens is 4. The maximum atomic E-state index is 13.2. The molecule has 1 aromatic carbocycles. The summed E-state index contributed by atoms with van der Waals surface area (Å²) in [4.78, 5) is 0. The number of hydrogen-bond donors (Lipinski definition) is 2. The summed E-state index contributed by atoms with van der Waals surface area (Å²) < 4.78 is 51.6. The summed E-state index contributed by atoms with van der Waals surface area (Å²) in [5.41, 5.74) is -1.57. The highest BCUT2D eigenvalue weighted by Crippen LogP contribution is 2.24. The predicted molar refractivity (Wildman–Crippen MR) is 47.8 cm³/mol. The molecule has 0 radical (unpaired) electrons. The zero-order chi connectivity index (χ0) is 11.9. The smallest absolute Gasteiger partial charge is 0.197 e. The Balaban J connectivity index is 2.34. The van der Waals surface area contributed by atoms with Crippen LogP contribution in [0.15, 0.2) is 6.07 Å². The first-order valence-electron chi connectivity index (χ1n) is 4.68. The van der Waals surface area contributed by atoms with Crippen LogP contribution in [0.2, 0.25) is 0 Å². The second-order valence-electron chi connectivity index (χ2n) is 3.96. The third-order valence-corrected chi connectivity index (χ3v) is 2.61. The zero-order valence-corrected chi connectivity index (χ0v) is 8.16. The highest BCUT2D eigenvalue weighted by Gasteiger charge is 2.36. The topological polar surface area (TPSA) is 32.3 Å². The number of aliphatic hydroxyl groups is 1. The maximum Gasteiger partial charge on any atom is 0.197 e. The molecule has 2 rings (SSSR count). The highest BCUT2D eigenvalue weighted by molar-refractivity contribution is 5.24. The summed E-state index contributed by atoms with van der Waals surface area (Å²) in [6.45, 7) is 0.431. The van der Waals surface area contributed by atoms with Crippen LogP contribution in [-0.4, -0.2) is 23.8 Å². The van der Waals surface area contributed by atoms with Crippen molar-refractivity contribution >= 4 is 0 Å². The van der Waals surface area contributed by atoms with Crippen molar-refractivity contribution in [3.63, 3.8) is 0 Å². The van der Waals surface area contributed by atoms with Crippen LogP contribution >= 0.6 is 0 Å². The monoisotopic (exact) mass is 235 g/mol. The van der Waals surface area contributed by atoms with E-state index in [9.17, 15) is 22.7 Å². The zero-order valence-electron chi connectivity index (χ0n) is 8.16. The third kappa shape index (κ3) is 1.78. The van der Waals surface area contributed by atoms with Gasteiger partial charge in [-0.05, 0) is 11.6 Å². The van der Waals surface area contributed by atoms with Crippen LogP contribution < -0.4 is 5.32 Å². The molecule has 1 aromatic rings. The molecule has 1 aliphatic heterocycles. The molecule has 0 spiro atoms. The Kier molecular flexibility index (Phi) is 2.63. The minimum absolute atomic E-state index is 0.215. The molecular weight excluding hydrogens is 226 g/mol. The minimum atomic E-state index is -1.84. The van der Waals surface area contributed by atoms with Crippen molar-refractivity contribution in [3.05, 3.63) is 34.9 Å². The lowest BCUT2D eigenvalue weighted by Crippen LogP contribution is -2.60. The van der Waals surface area contributed by atoms with Gasteiger partial charge in [-0.1, -0.05) is 0 Å². The molecule has 2 nitrogen and oxygen atoms in total. The minimum Gasteiger partial charge on any atom is -0.387 e. The molecule has 1 heterocycles. The van der Waals surface area contributed by atoms with Gasteiger partial charge < -0.3 is 10.4 Å². The Labute approximate surface area is 88.9 Å². The van der Waals surface area contributed by atoms with Gasteiger partial charge in [0.2, 0.25) is 0 Å². The van der Waals surface area contributed by atoms with Crippen molar-refractivity contribution in [3.8, 4) is 0 Å². The van der Waals surface area contributed by atoms with Crippen molar-refractivity contribution in [2.24, 2.45) is 0 Å². The lowest BCUT2D eigenvalue weighted by molar-refractivity contribution is -0.00988. The molecule has 88 valence electrons. The number of rotatable bonds is 2. The van der Waals surface area contributed by atoms with Gasteiger partial charge in [0.1, 0.15) is 0 Å². The van der Waals surface area contributed by atoms with Gasteiger partial charge >= 0.3 is 0 Å². The standard InChI is InChI=1S/C10H9F4NO/c11-6-1-5(2-10(16)3-15-4-10)7(12)9(14)8(6)13/h1,15-16H,2-4H2. The molecule has 0 atom stereocenters.